The molecule has 4 heteroatoms. The zero-order chi connectivity index (χ0) is 50.7. The molecule has 0 aliphatic carbocycles. The predicted molar refractivity (Wildman–Crippen MR) is 310 cm³/mol. The molecule has 72 heavy (non-hydrogen) atoms. The normalized spacial score (nSPS) is 12.2. The van der Waals surface area contributed by atoms with Gasteiger partial charge in [-0.15, -0.1) is 0 Å². The molecule has 1 aliphatic rings. The van der Waals surface area contributed by atoms with Crippen molar-refractivity contribution in [3.63, 3.8) is 0 Å². The summed E-state index contributed by atoms with van der Waals surface area (Å²) >= 11 is 0. The average Bonchev–Trinajstić information content (AvgIpc) is 3.33. The lowest BCUT2D eigenvalue weighted by atomic mass is 9.82. The van der Waals surface area contributed by atoms with E-state index in [9.17, 15) is 0 Å². The van der Waals surface area contributed by atoms with Crippen molar-refractivity contribution >= 4 is 68.2 Å². The lowest BCUT2D eigenvalue weighted by molar-refractivity contribution is 0.880. The second-order valence-electron chi connectivity index (χ2n) is 20.8. The minimum Gasteiger partial charge on any atom is -0.311 e. The number of nitrogens with zero attached hydrogens (tertiary/aromatic N) is 4. The van der Waals surface area contributed by atoms with E-state index >= 15 is 0 Å². The summed E-state index contributed by atoms with van der Waals surface area (Å²) in [6, 6.07) is 63.8. The highest BCUT2D eigenvalue weighted by molar-refractivity contribution is 5.91. The van der Waals surface area contributed by atoms with Gasteiger partial charge < -0.3 is 19.6 Å². The number of hydrogen-bond donors (Lipinski definition) is 0. The summed E-state index contributed by atoms with van der Waals surface area (Å²) in [4.78, 5) is 9.75. The molecule has 0 saturated carbocycles. The average molecular weight is 941 g/mol. The standard InChI is InChI=1S/C68H68N4/c1-42-14-18-55(19-15-42)69(56-20-16-43(2)17-21-56)57-22-24-58(25-23-57)70(59-26-30-61(31-27-59)71(65-48(7)34-44(3)35-49(65)8)66-50(9)36-45(4)37-51(66)10)60-28-32-62(33-29-60)72-67-52(11)38-46(5)40-63(67)54(13)64-41-47(6)39-53(12)68(64)72/h14-41,54H,1-13H3. The first kappa shape index (κ1) is 47.8. The fraction of sp³-hybridized carbons (Fsp3) is 0.206. The van der Waals surface area contributed by atoms with Crippen molar-refractivity contribution in [3.8, 4) is 0 Å². The van der Waals surface area contributed by atoms with E-state index in [1.165, 1.54) is 101 Å². The molecule has 4 nitrogen and oxygen atoms in total. The first-order valence-corrected chi connectivity index (χ1v) is 25.6. The summed E-state index contributed by atoms with van der Waals surface area (Å²) in [5, 5.41) is 0. The Morgan fingerprint density at radius 2 is 0.528 bits per heavy atom. The van der Waals surface area contributed by atoms with Crippen molar-refractivity contribution < 1.29 is 0 Å². The largest absolute Gasteiger partial charge is 0.311 e. The van der Waals surface area contributed by atoms with Crippen molar-refractivity contribution in [3.05, 3.63) is 248 Å². The summed E-state index contributed by atoms with van der Waals surface area (Å²) in [5.41, 5.74) is 31.8. The molecule has 0 saturated heterocycles. The Bertz CT molecular complexity index is 3270. The van der Waals surface area contributed by atoms with Crippen LogP contribution in [0.4, 0.5) is 68.2 Å². The van der Waals surface area contributed by atoms with Crippen molar-refractivity contribution in [2.75, 3.05) is 19.6 Å². The summed E-state index contributed by atoms with van der Waals surface area (Å²) in [7, 11) is 0. The maximum atomic E-state index is 2.52. The number of hydrogen-bond acceptors (Lipinski definition) is 4. The third-order valence-electron chi connectivity index (χ3n) is 14.7. The minimum atomic E-state index is 0.283. The number of aryl methyl sites for hydroxylation is 12. The SMILES string of the molecule is Cc1ccc(N(c2ccc(C)cc2)c2ccc(N(c3ccc(N(c4c(C)cc(C)cc4C)c4c(C)cc(C)cc4C)cc3)c3ccc(N4c5c(C)cc(C)cc5C(C)c5cc(C)cc(C)c54)cc3)cc2)cc1. The van der Waals surface area contributed by atoms with Crippen molar-refractivity contribution in [2.24, 2.45) is 0 Å². The van der Waals surface area contributed by atoms with E-state index in [1.807, 2.05) is 0 Å². The molecule has 1 aliphatic heterocycles. The van der Waals surface area contributed by atoms with Gasteiger partial charge in [-0.05, 0) is 225 Å². The summed E-state index contributed by atoms with van der Waals surface area (Å²) < 4.78 is 0. The molecule has 360 valence electrons. The van der Waals surface area contributed by atoms with E-state index in [0.29, 0.717) is 0 Å². The van der Waals surface area contributed by atoms with Gasteiger partial charge in [0.1, 0.15) is 0 Å². The fourth-order valence-corrected chi connectivity index (χ4v) is 11.7. The zero-order valence-electron chi connectivity index (χ0n) is 44.5. The quantitative estimate of drug-likeness (QED) is 0.135. The minimum absolute atomic E-state index is 0.283. The van der Waals surface area contributed by atoms with Gasteiger partial charge in [0.25, 0.3) is 0 Å². The van der Waals surface area contributed by atoms with Crippen LogP contribution in [0.15, 0.2) is 170 Å². The lowest BCUT2D eigenvalue weighted by Gasteiger charge is -2.39. The molecule has 0 bridgehead atoms. The highest BCUT2D eigenvalue weighted by Crippen LogP contribution is 2.53. The van der Waals surface area contributed by atoms with Crippen LogP contribution in [0.3, 0.4) is 0 Å². The van der Waals surface area contributed by atoms with Crippen LogP contribution in [-0.4, -0.2) is 0 Å². The molecule has 0 amide bonds. The molecule has 0 spiro atoms. The van der Waals surface area contributed by atoms with E-state index < -0.39 is 0 Å². The molecule has 0 unspecified atom stereocenters. The Kier molecular flexibility index (Phi) is 12.7. The number of rotatable bonds is 10. The predicted octanol–water partition coefficient (Wildman–Crippen LogP) is 19.7. The van der Waals surface area contributed by atoms with Gasteiger partial charge in [0.05, 0.1) is 22.7 Å². The summed E-state index contributed by atoms with van der Waals surface area (Å²) in [6.45, 7) is 29.0. The Hall–Kier alpha value is -7.82. The van der Waals surface area contributed by atoms with Gasteiger partial charge in [-0.1, -0.05) is 113 Å². The highest BCUT2D eigenvalue weighted by Gasteiger charge is 2.32. The summed E-state index contributed by atoms with van der Waals surface area (Å²) in [5.74, 6) is 0.283. The third kappa shape index (κ3) is 8.85. The van der Waals surface area contributed by atoms with Gasteiger partial charge in [-0.25, -0.2) is 0 Å². The maximum Gasteiger partial charge on any atom is 0.0529 e. The van der Waals surface area contributed by atoms with Gasteiger partial charge in [0.15, 0.2) is 0 Å². The van der Waals surface area contributed by atoms with E-state index in [1.54, 1.807) is 0 Å². The number of fused-ring (bicyclic) bond motifs is 2. The van der Waals surface area contributed by atoms with Crippen molar-refractivity contribution in [1.82, 2.24) is 0 Å². The first-order valence-electron chi connectivity index (χ1n) is 25.6. The molecule has 10 rings (SSSR count). The van der Waals surface area contributed by atoms with Crippen LogP contribution in [0.5, 0.6) is 0 Å². The van der Waals surface area contributed by atoms with Crippen LogP contribution in [0, 0.1) is 83.1 Å². The maximum absolute atomic E-state index is 2.52. The van der Waals surface area contributed by atoms with Gasteiger partial charge in [-0.2, -0.15) is 0 Å². The van der Waals surface area contributed by atoms with Gasteiger partial charge >= 0.3 is 0 Å². The monoisotopic (exact) mass is 941 g/mol. The van der Waals surface area contributed by atoms with Crippen molar-refractivity contribution in [2.45, 2.75) is 95.9 Å². The van der Waals surface area contributed by atoms with E-state index in [2.05, 4.69) is 279 Å². The molecular weight excluding hydrogens is 873 g/mol. The molecule has 0 fully saturated rings. The van der Waals surface area contributed by atoms with Crippen LogP contribution in [0.1, 0.15) is 90.7 Å². The Morgan fingerprint density at radius 1 is 0.278 bits per heavy atom. The lowest BCUT2D eigenvalue weighted by Crippen LogP contribution is -2.23. The van der Waals surface area contributed by atoms with Crippen LogP contribution >= 0.6 is 0 Å². The fourth-order valence-electron chi connectivity index (χ4n) is 11.7. The third-order valence-corrected chi connectivity index (χ3v) is 14.7. The number of anilines is 12. The molecule has 1 heterocycles. The second kappa shape index (κ2) is 19.1. The first-order chi connectivity index (χ1) is 34.5. The molecule has 0 radical (unpaired) electrons. The smallest absolute Gasteiger partial charge is 0.0529 e. The van der Waals surface area contributed by atoms with Gasteiger partial charge in [0, 0.05) is 51.4 Å². The van der Waals surface area contributed by atoms with E-state index in [4.69, 9.17) is 0 Å². The Labute approximate surface area is 429 Å². The molecule has 0 atom stereocenters. The van der Waals surface area contributed by atoms with Gasteiger partial charge in [-0.3, -0.25) is 0 Å². The van der Waals surface area contributed by atoms with Gasteiger partial charge in [0.2, 0.25) is 0 Å². The Morgan fingerprint density at radius 3 is 0.847 bits per heavy atom. The van der Waals surface area contributed by atoms with Crippen molar-refractivity contribution in [1.29, 1.82) is 0 Å². The second-order valence-corrected chi connectivity index (χ2v) is 20.8. The van der Waals surface area contributed by atoms with Crippen LogP contribution in [0.25, 0.3) is 0 Å². The van der Waals surface area contributed by atoms with E-state index in [-0.39, 0.29) is 5.92 Å². The molecule has 9 aromatic rings. The number of benzene rings is 9. The molecule has 0 N–H and O–H groups in total. The molecule has 9 aromatic carbocycles. The Balaban J connectivity index is 1.12. The zero-order valence-corrected chi connectivity index (χ0v) is 44.5. The highest BCUT2D eigenvalue weighted by atomic mass is 15.2. The van der Waals surface area contributed by atoms with E-state index in [0.717, 1.165) is 45.5 Å². The topological polar surface area (TPSA) is 13.0 Å². The molecule has 0 aromatic heterocycles. The molecular formula is C68H68N4. The summed E-state index contributed by atoms with van der Waals surface area (Å²) in [6.07, 6.45) is 0. The van der Waals surface area contributed by atoms with Crippen LogP contribution < -0.4 is 19.6 Å². The van der Waals surface area contributed by atoms with Crippen LogP contribution in [0.2, 0.25) is 0 Å². The van der Waals surface area contributed by atoms with Crippen LogP contribution in [-0.2, 0) is 0 Å².